The summed E-state index contributed by atoms with van der Waals surface area (Å²) in [6.45, 7) is 1.92. The molecular formula is C14H13BFNO3. The molecule has 0 aliphatic carbocycles. The molecule has 2 aromatic rings. The smallest absolute Gasteiger partial charge is 0.423 e. The van der Waals surface area contributed by atoms with E-state index in [2.05, 4.69) is 5.32 Å². The van der Waals surface area contributed by atoms with E-state index in [9.17, 15) is 9.18 Å². The average Bonchev–Trinajstić information content (AvgIpc) is 2.41. The molecule has 0 aromatic heterocycles. The van der Waals surface area contributed by atoms with Crippen LogP contribution in [-0.4, -0.2) is 23.1 Å². The van der Waals surface area contributed by atoms with Gasteiger partial charge in [0, 0.05) is 5.69 Å². The third kappa shape index (κ3) is 3.23. The Morgan fingerprint density at radius 2 is 1.80 bits per heavy atom. The van der Waals surface area contributed by atoms with Crippen molar-refractivity contribution in [3.05, 3.63) is 59.4 Å². The van der Waals surface area contributed by atoms with E-state index in [0.29, 0.717) is 5.69 Å². The molecule has 0 saturated heterocycles. The molecule has 0 atom stereocenters. The predicted octanol–water partition coefficient (Wildman–Crippen LogP) is 1.07. The van der Waals surface area contributed by atoms with Crippen molar-refractivity contribution in [1.82, 2.24) is 0 Å². The number of carbonyl (C=O) groups excluding carboxylic acids is 1. The lowest BCUT2D eigenvalue weighted by atomic mass is 9.80. The van der Waals surface area contributed by atoms with Crippen molar-refractivity contribution in [2.75, 3.05) is 5.32 Å². The van der Waals surface area contributed by atoms with E-state index in [4.69, 9.17) is 10.0 Å². The van der Waals surface area contributed by atoms with Crippen LogP contribution in [0.2, 0.25) is 0 Å². The highest BCUT2D eigenvalue weighted by atomic mass is 19.1. The molecule has 0 fully saturated rings. The molecule has 1 amide bonds. The quantitative estimate of drug-likeness (QED) is 0.732. The van der Waals surface area contributed by atoms with Gasteiger partial charge in [-0.1, -0.05) is 23.8 Å². The summed E-state index contributed by atoms with van der Waals surface area (Å²) in [7, 11) is -1.77. The van der Waals surface area contributed by atoms with E-state index in [1.807, 2.05) is 19.1 Å². The van der Waals surface area contributed by atoms with E-state index in [1.165, 1.54) is 12.1 Å². The molecule has 0 heterocycles. The van der Waals surface area contributed by atoms with E-state index < -0.39 is 18.8 Å². The van der Waals surface area contributed by atoms with Gasteiger partial charge in [0.25, 0.3) is 5.91 Å². The van der Waals surface area contributed by atoms with Crippen LogP contribution in [-0.2, 0) is 0 Å². The molecular weight excluding hydrogens is 260 g/mol. The molecule has 0 radical (unpaired) electrons. The minimum absolute atomic E-state index is 0.00520. The van der Waals surface area contributed by atoms with Crippen LogP contribution in [0.3, 0.4) is 0 Å². The molecule has 0 aliphatic rings. The van der Waals surface area contributed by atoms with Crippen molar-refractivity contribution < 1.29 is 19.2 Å². The molecule has 0 bridgehead atoms. The van der Waals surface area contributed by atoms with Gasteiger partial charge in [-0.3, -0.25) is 4.79 Å². The fraction of sp³-hybridized carbons (Fsp3) is 0.0714. The summed E-state index contributed by atoms with van der Waals surface area (Å²) < 4.78 is 13.7. The SMILES string of the molecule is Cc1ccc(NC(=O)c2ccc(B(O)O)cc2F)cc1. The van der Waals surface area contributed by atoms with Gasteiger partial charge in [-0.2, -0.15) is 0 Å². The first-order valence-electron chi connectivity index (χ1n) is 6.01. The maximum absolute atomic E-state index is 13.7. The van der Waals surface area contributed by atoms with Crippen molar-refractivity contribution in [1.29, 1.82) is 0 Å². The van der Waals surface area contributed by atoms with E-state index >= 15 is 0 Å². The average molecular weight is 273 g/mol. The summed E-state index contributed by atoms with van der Waals surface area (Å²) in [5.41, 5.74) is 1.45. The zero-order valence-electron chi connectivity index (χ0n) is 10.8. The number of benzene rings is 2. The summed E-state index contributed by atoms with van der Waals surface area (Å²) in [6.07, 6.45) is 0. The molecule has 2 aromatic carbocycles. The van der Waals surface area contributed by atoms with Crippen LogP contribution in [0.25, 0.3) is 0 Å². The van der Waals surface area contributed by atoms with Gasteiger partial charge in [0.15, 0.2) is 0 Å². The van der Waals surface area contributed by atoms with Gasteiger partial charge in [0.1, 0.15) is 5.82 Å². The fourth-order valence-electron chi connectivity index (χ4n) is 1.71. The third-order valence-electron chi connectivity index (χ3n) is 2.85. The maximum atomic E-state index is 13.7. The number of hydrogen-bond acceptors (Lipinski definition) is 3. The molecule has 20 heavy (non-hydrogen) atoms. The molecule has 0 saturated carbocycles. The molecule has 0 unspecified atom stereocenters. The second-order valence-corrected chi connectivity index (χ2v) is 4.43. The van der Waals surface area contributed by atoms with Crippen molar-refractivity contribution >= 4 is 24.2 Å². The van der Waals surface area contributed by atoms with Crippen molar-refractivity contribution in [2.45, 2.75) is 6.92 Å². The molecule has 2 rings (SSSR count). The number of amides is 1. The van der Waals surface area contributed by atoms with Crippen LogP contribution in [0.4, 0.5) is 10.1 Å². The van der Waals surface area contributed by atoms with Gasteiger partial charge in [-0.15, -0.1) is 0 Å². The first-order chi connectivity index (χ1) is 9.47. The monoisotopic (exact) mass is 273 g/mol. The number of anilines is 1. The Bertz CT molecular complexity index is 629. The van der Waals surface area contributed by atoms with Crippen molar-refractivity contribution in [3.63, 3.8) is 0 Å². The highest BCUT2D eigenvalue weighted by Crippen LogP contribution is 2.12. The van der Waals surface area contributed by atoms with Crippen molar-refractivity contribution in [2.24, 2.45) is 0 Å². The number of carbonyl (C=O) groups is 1. The second-order valence-electron chi connectivity index (χ2n) is 4.43. The molecule has 3 N–H and O–H groups in total. The zero-order chi connectivity index (χ0) is 14.7. The third-order valence-corrected chi connectivity index (χ3v) is 2.85. The predicted molar refractivity (Wildman–Crippen MR) is 75.4 cm³/mol. The highest BCUT2D eigenvalue weighted by Gasteiger charge is 2.17. The van der Waals surface area contributed by atoms with E-state index in [1.54, 1.807) is 12.1 Å². The lowest BCUT2D eigenvalue weighted by Gasteiger charge is -2.08. The minimum atomic E-state index is -1.77. The Morgan fingerprint density at radius 3 is 2.35 bits per heavy atom. The first-order valence-corrected chi connectivity index (χ1v) is 6.01. The van der Waals surface area contributed by atoms with Crippen LogP contribution in [0.5, 0.6) is 0 Å². The number of aryl methyl sites for hydroxylation is 1. The summed E-state index contributed by atoms with van der Waals surface area (Å²) in [4.78, 5) is 11.9. The fourth-order valence-corrected chi connectivity index (χ4v) is 1.71. The zero-order valence-corrected chi connectivity index (χ0v) is 10.8. The lowest BCUT2D eigenvalue weighted by Crippen LogP contribution is -2.30. The van der Waals surface area contributed by atoms with Gasteiger partial charge in [0.2, 0.25) is 0 Å². The number of rotatable bonds is 3. The number of nitrogens with one attached hydrogen (secondary N) is 1. The Hall–Kier alpha value is -2.18. The molecule has 102 valence electrons. The Balaban J connectivity index is 2.19. The highest BCUT2D eigenvalue weighted by molar-refractivity contribution is 6.58. The first kappa shape index (κ1) is 14.2. The maximum Gasteiger partial charge on any atom is 0.488 e. The standard InChI is InChI=1S/C14H13BFNO3/c1-9-2-5-11(6-3-9)17-14(18)12-7-4-10(15(19)20)8-13(12)16/h2-8,19-20H,1H3,(H,17,18). The van der Waals surface area contributed by atoms with Crippen LogP contribution in [0.1, 0.15) is 15.9 Å². The van der Waals surface area contributed by atoms with Gasteiger partial charge in [-0.25, -0.2) is 4.39 Å². The van der Waals surface area contributed by atoms with Crippen LogP contribution in [0, 0.1) is 12.7 Å². The van der Waals surface area contributed by atoms with Gasteiger partial charge in [-0.05, 0) is 36.7 Å². The number of hydrogen-bond donors (Lipinski definition) is 3. The Morgan fingerprint density at radius 1 is 1.15 bits per heavy atom. The molecule has 6 heteroatoms. The van der Waals surface area contributed by atoms with Crippen LogP contribution < -0.4 is 10.8 Å². The summed E-state index contributed by atoms with van der Waals surface area (Å²) >= 11 is 0. The normalized spacial score (nSPS) is 10.2. The van der Waals surface area contributed by atoms with E-state index in [0.717, 1.165) is 11.6 Å². The van der Waals surface area contributed by atoms with Crippen molar-refractivity contribution in [3.8, 4) is 0 Å². The van der Waals surface area contributed by atoms with Crippen LogP contribution >= 0.6 is 0 Å². The second kappa shape index (κ2) is 5.86. The molecule has 4 nitrogen and oxygen atoms in total. The van der Waals surface area contributed by atoms with Gasteiger partial charge >= 0.3 is 7.12 Å². The Labute approximate surface area is 116 Å². The van der Waals surface area contributed by atoms with E-state index in [-0.39, 0.29) is 11.0 Å². The summed E-state index contributed by atoms with van der Waals surface area (Å²) in [5, 5.41) is 20.4. The van der Waals surface area contributed by atoms with Gasteiger partial charge in [0.05, 0.1) is 5.56 Å². The lowest BCUT2D eigenvalue weighted by molar-refractivity contribution is 0.102. The number of halogens is 1. The topological polar surface area (TPSA) is 69.6 Å². The Kier molecular flexibility index (Phi) is 4.17. The largest absolute Gasteiger partial charge is 0.488 e. The molecule has 0 spiro atoms. The summed E-state index contributed by atoms with van der Waals surface area (Å²) in [5.74, 6) is -1.40. The summed E-state index contributed by atoms with van der Waals surface area (Å²) in [6, 6.07) is 10.5. The van der Waals surface area contributed by atoms with Gasteiger partial charge < -0.3 is 15.4 Å². The molecule has 0 aliphatic heterocycles. The van der Waals surface area contributed by atoms with Crippen LogP contribution in [0.15, 0.2) is 42.5 Å². The minimum Gasteiger partial charge on any atom is -0.423 e.